The maximum absolute atomic E-state index is 13.2. The number of esters is 1. The van der Waals surface area contributed by atoms with Crippen molar-refractivity contribution in [2.24, 2.45) is 0 Å². The van der Waals surface area contributed by atoms with E-state index in [0.717, 1.165) is 5.56 Å². The third-order valence-corrected chi connectivity index (χ3v) is 5.81. The zero-order chi connectivity index (χ0) is 17.9. The number of hydrogen-bond donors (Lipinski definition) is 2. The lowest BCUT2D eigenvalue weighted by Crippen LogP contribution is -2.48. The number of aromatic nitrogens is 3. The minimum Gasteiger partial charge on any atom is -0.462 e. The molecule has 1 unspecified atom stereocenters. The van der Waals surface area contributed by atoms with E-state index in [-0.39, 0.29) is 23.7 Å². The Kier molecular flexibility index (Phi) is 5.11. The Labute approximate surface area is 145 Å². The van der Waals surface area contributed by atoms with E-state index < -0.39 is 22.0 Å². The molecule has 2 aromatic rings. The molecule has 134 valence electrons. The molecule has 0 saturated carbocycles. The van der Waals surface area contributed by atoms with E-state index in [1.807, 2.05) is 6.07 Å². The Bertz CT molecular complexity index is 837. The third kappa shape index (κ3) is 3.41. The van der Waals surface area contributed by atoms with Gasteiger partial charge in [-0.2, -0.15) is 9.40 Å². The van der Waals surface area contributed by atoms with E-state index in [0.29, 0.717) is 13.1 Å². The molecule has 1 aliphatic rings. The van der Waals surface area contributed by atoms with Crippen molar-refractivity contribution >= 4 is 16.0 Å². The molecule has 0 aliphatic carbocycles. The lowest BCUT2D eigenvalue weighted by atomic mass is 10.1. The number of H-pyrrole nitrogens is 1. The maximum Gasteiger partial charge on any atom is 0.342 e. The molecule has 0 aromatic carbocycles. The Hall–Kier alpha value is -2.30. The minimum absolute atomic E-state index is 0.0923. The zero-order valence-electron chi connectivity index (χ0n) is 13.7. The Balaban J connectivity index is 1.98. The molecule has 0 amide bonds. The summed E-state index contributed by atoms with van der Waals surface area (Å²) in [6, 6.07) is 3.16. The molecule has 3 heterocycles. The number of ether oxygens (including phenoxy) is 1. The lowest BCUT2D eigenvalue weighted by Gasteiger charge is -2.34. The first-order valence-electron chi connectivity index (χ1n) is 7.88. The van der Waals surface area contributed by atoms with Gasteiger partial charge in [0.25, 0.3) is 10.0 Å². The lowest BCUT2D eigenvalue weighted by molar-refractivity contribution is 0.0521. The number of piperazine rings is 1. The van der Waals surface area contributed by atoms with Crippen molar-refractivity contribution in [3.8, 4) is 0 Å². The second kappa shape index (κ2) is 7.30. The molecule has 0 radical (unpaired) electrons. The van der Waals surface area contributed by atoms with Crippen LogP contribution in [0.15, 0.2) is 35.7 Å². The maximum atomic E-state index is 13.2. The summed E-state index contributed by atoms with van der Waals surface area (Å²) >= 11 is 0. The van der Waals surface area contributed by atoms with Crippen molar-refractivity contribution in [2.75, 3.05) is 26.2 Å². The van der Waals surface area contributed by atoms with E-state index >= 15 is 0 Å². The SMILES string of the molecule is CCOC(=O)c1cn[nH]c1S(=O)(=O)N1CCNCC1c1cccnc1. The molecule has 10 heteroatoms. The van der Waals surface area contributed by atoms with Crippen molar-refractivity contribution in [1.29, 1.82) is 0 Å². The van der Waals surface area contributed by atoms with Gasteiger partial charge in [-0.25, -0.2) is 13.2 Å². The van der Waals surface area contributed by atoms with Crippen LogP contribution in [0.3, 0.4) is 0 Å². The van der Waals surface area contributed by atoms with Gasteiger partial charge in [-0.15, -0.1) is 0 Å². The minimum atomic E-state index is -3.96. The van der Waals surface area contributed by atoms with Crippen LogP contribution >= 0.6 is 0 Å². The van der Waals surface area contributed by atoms with Gasteiger partial charge in [0.05, 0.1) is 18.8 Å². The second-order valence-electron chi connectivity index (χ2n) is 5.46. The number of sulfonamides is 1. The molecule has 9 nitrogen and oxygen atoms in total. The van der Waals surface area contributed by atoms with Crippen molar-refractivity contribution in [3.05, 3.63) is 41.9 Å². The van der Waals surface area contributed by atoms with Gasteiger partial charge < -0.3 is 10.1 Å². The van der Waals surface area contributed by atoms with Crippen LogP contribution in [0.2, 0.25) is 0 Å². The fourth-order valence-corrected chi connectivity index (χ4v) is 4.45. The number of carbonyl (C=O) groups is 1. The molecule has 2 aromatic heterocycles. The van der Waals surface area contributed by atoms with Crippen molar-refractivity contribution in [3.63, 3.8) is 0 Å². The monoisotopic (exact) mass is 365 g/mol. The number of pyridine rings is 1. The fourth-order valence-electron chi connectivity index (χ4n) is 2.77. The van der Waals surface area contributed by atoms with E-state index in [2.05, 4.69) is 20.5 Å². The molecule has 0 spiro atoms. The molecule has 2 N–H and O–H groups in total. The van der Waals surface area contributed by atoms with Crippen LogP contribution in [0.1, 0.15) is 28.9 Å². The van der Waals surface area contributed by atoms with Crippen molar-refractivity contribution in [1.82, 2.24) is 24.8 Å². The molecule has 1 saturated heterocycles. The number of nitrogens with one attached hydrogen (secondary N) is 2. The molecule has 1 aliphatic heterocycles. The summed E-state index contributed by atoms with van der Waals surface area (Å²) in [5.74, 6) is -0.720. The Morgan fingerprint density at radius 3 is 3.00 bits per heavy atom. The molecular weight excluding hydrogens is 346 g/mol. The quantitative estimate of drug-likeness (QED) is 0.733. The Morgan fingerprint density at radius 1 is 1.44 bits per heavy atom. The van der Waals surface area contributed by atoms with Crippen molar-refractivity contribution in [2.45, 2.75) is 18.0 Å². The van der Waals surface area contributed by atoms with E-state index in [1.165, 1.54) is 10.5 Å². The summed E-state index contributed by atoms with van der Waals surface area (Å²) in [4.78, 5) is 16.1. The molecule has 1 fully saturated rings. The van der Waals surface area contributed by atoms with Crippen LogP contribution in [0.25, 0.3) is 0 Å². The molecule has 0 bridgehead atoms. The summed E-state index contributed by atoms with van der Waals surface area (Å²) in [5, 5.41) is 9.10. The number of nitrogens with zero attached hydrogens (tertiary/aromatic N) is 3. The first-order valence-corrected chi connectivity index (χ1v) is 9.32. The summed E-state index contributed by atoms with van der Waals surface area (Å²) in [7, 11) is -3.96. The van der Waals surface area contributed by atoms with Crippen LogP contribution in [-0.2, 0) is 14.8 Å². The largest absolute Gasteiger partial charge is 0.462 e. The second-order valence-corrected chi connectivity index (χ2v) is 7.28. The number of rotatable bonds is 5. The van der Waals surface area contributed by atoms with Crippen LogP contribution in [0, 0.1) is 0 Å². The van der Waals surface area contributed by atoms with Gasteiger partial charge in [0.15, 0.2) is 5.03 Å². The summed E-state index contributed by atoms with van der Waals surface area (Å²) < 4.78 is 32.6. The number of carbonyl (C=O) groups excluding carboxylic acids is 1. The predicted octanol–water partition coefficient (Wildman–Crippen LogP) is 0.317. The number of aromatic amines is 1. The summed E-state index contributed by atoms with van der Waals surface area (Å²) in [6.07, 6.45) is 4.44. The average Bonchev–Trinajstić information content (AvgIpc) is 3.13. The van der Waals surface area contributed by atoms with Gasteiger partial charge in [-0.1, -0.05) is 6.07 Å². The van der Waals surface area contributed by atoms with Gasteiger partial charge in [-0.3, -0.25) is 10.1 Å². The normalized spacial score (nSPS) is 18.8. The van der Waals surface area contributed by atoms with Crippen LogP contribution in [-0.4, -0.2) is 60.1 Å². The molecule has 25 heavy (non-hydrogen) atoms. The van der Waals surface area contributed by atoms with Gasteiger partial charge >= 0.3 is 5.97 Å². The first kappa shape index (κ1) is 17.5. The van der Waals surface area contributed by atoms with Crippen molar-refractivity contribution < 1.29 is 17.9 Å². The topological polar surface area (TPSA) is 117 Å². The van der Waals surface area contributed by atoms with Gasteiger partial charge in [0, 0.05) is 32.0 Å². The van der Waals surface area contributed by atoms with Crippen LogP contribution in [0.4, 0.5) is 0 Å². The average molecular weight is 365 g/mol. The highest BCUT2D eigenvalue weighted by Gasteiger charge is 2.38. The van der Waals surface area contributed by atoms with E-state index in [4.69, 9.17) is 4.74 Å². The van der Waals surface area contributed by atoms with E-state index in [9.17, 15) is 13.2 Å². The fraction of sp³-hybridized carbons (Fsp3) is 0.400. The zero-order valence-corrected chi connectivity index (χ0v) is 14.5. The van der Waals surface area contributed by atoms with Gasteiger partial charge in [-0.05, 0) is 18.6 Å². The molecule has 3 rings (SSSR count). The summed E-state index contributed by atoms with van der Waals surface area (Å²) in [6.45, 7) is 3.03. The Morgan fingerprint density at radius 2 is 2.28 bits per heavy atom. The smallest absolute Gasteiger partial charge is 0.342 e. The highest BCUT2D eigenvalue weighted by Crippen LogP contribution is 2.29. The standard InChI is InChI=1S/C15H19N5O4S/c1-2-24-15(21)12-9-18-19-14(12)25(22,23)20-7-6-17-10-13(20)11-4-3-5-16-8-11/h3-5,8-9,13,17H,2,6-7,10H2,1H3,(H,18,19). The van der Waals surface area contributed by atoms with E-state index in [1.54, 1.807) is 25.4 Å². The highest BCUT2D eigenvalue weighted by molar-refractivity contribution is 7.89. The molecule has 1 atom stereocenters. The first-order chi connectivity index (χ1) is 12.1. The van der Waals surface area contributed by atoms with Gasteiger partial charge in [0.2, 0.25) is 0 Å². The summed E-state index contributed by atoms with van der Waals surface area (Å²) in [5.41, 5.74) is 0.681. The highest BCUT2D eigenvalue weighted by atomic mass is 32.2. The third-order valence-electron chi connectivity index (χ3n) is 3.93. The number of hydrogen-bond acceptors (Lipinski definition) is 7. The molecular formula is C15H19N5O4S. The van der Waals surface area contributed by atoms with Crippen LogP contribution in [0.5, 0.6) is 0 Å². The van der Waals surface area contributed by atoms with Gasteiger partial charge in [0.1, 0.15) is 5.56 Å². The predicted molar refractivity (Wildman–Crippen MR) is 88.3 cm³/mol. The van der Waals surface area contributed by atoms with Crippen LogP contribution < -0.4 is 5.32 Å².